The van der Waals surface area contributed by atoms with Crippen molar-refractivity contribution in [1.29, 1.82) is 0 Å². The second-order valence-electron chi connectivity index (χ2n) is 8.93. The van der Waals surface area contributed by atoms with Crippen molar-refractivity contribution in [2.75, 3.05) is 17.5 Å². The topological polar surface area (TPSA) is 88.6 Å². The molecule has 9 heteroatoms. The number of aromatic nitrogens is 1. The van der Waals surface area contributed by atoms with Gasteiger partial charge in [-0.15, -0.1) is 0 Å². The maximum atomic E-state index is 13.7. The first kappa shape index (κ1) is 23.4. The highest BCUT2D eigenvalue weighted by Crippen LogP contribution is 2.52. The van der Waals surface area contributed by atoms with Gasteiger partial charge in [-0.2, -0.15) is 0 Å². The van der Waals surface area contributed by atoms with Gasteiger partial charge in [-0.05, 0) is 79.9 Å². The minimum atomic E-state index is -3.96. The van der Waals surface area contributed by atoms with Crippen molar-refractivity contribution in [2.24, 2.45) is 0 Å². The summed E-state index contributed by atoms with van der Waals surface area (Å²) in [6.45, 7) is 3.19. The summed E-state index contributed by atoms with van der Waals surface area (Å²) < 4.78 is 47.9. The zero-order chi connectivity index (χ0) is 24.6. The molecule has 1 N–H and O–H groups in total. The predicted octanol–water partition coefficient (Wildman–Crippen LogP) is 3.80. The molecule has 35 heavy (non-hydrogen) atoms. The molecule has 182 valence electrons. The number of ether oxygens (including phenoxy) is 1. The van der Waals surface area contributed by atoms with Gasteiger partial charge in [0.1, 0.15) is 5.82 Å². The molecule has 1 saturated heterocycles. The fourth-order valence-corrected chi connectivity index (χ4v) is 6.93. The largest absolute Gasteiger partial charge is 0.381 e. The average molecular weight is 496 g/mol. The van der Waals surface area contributed by atoms with Crippen molar-refractivity contribution < 1.29 is 22.3 Å². The van der Waals surface area contributed by atoms with Gasteiger partial charge in [0.15, 0.2) is 0 Å². The number of nitrogens with zero attached hydrogens (tertiary/aromatic N) is 2. The van der Waals surface area contributed by atoms with Crippen molar-refractivity contribution in [3.63, 3.8) is 0 Å². The molecule has 2 aliphatic heterocycles. The van der Waals surface area contributed by atoms with Gasteiger partial charge >= 0.3 is 0 Å². The van der Waals surface area contributed by atoms with Gasteiger partial charge in [0, 0.05) is 30.4 Å². The number of hydrogen-bond acceptors (Lipinski definition) is 5. The molecule has 0 radical (unpaired) electrons. The second kappa shape index (κ2) is 9.05. The number of benzene rings is 2. The smallest absolute Gasteiger partial charge is 0.264 e. The summed E-state index contributed by atoms with van der Waals surface area (Å²) in [5.74, 6) is -0.755. The molecule has 2 aromatic carbocycles. The Morgan fingerprint density at radius 3 is 2.57 bits per heavy atom. The van der Waals surface area contributed by atoms with Gasteiger partial charge in [-0.25, -0.2) is 12.8 Å². The Kier molecular flexibility index (Phi) is 6.06. The molecule has 1 spiro atoms. The van der Waals surface area contributed by atoms with Gasteiger partial charge in [0.25, 0.3) is 15.9 Å². The molecule has 7 nitrogen and oxygen atoms in total. The SMILES string of the molecule is CC1N(S(=O)(=O)c2ccc(F)cc2)c2ccc(C(=O)NCc3ccccn3)cc2C12CCOCC2. The summed E-state index contributed by atoms with van der Waals surface area (Å²) in [6, 6.07) is 15.1. The van der Waals surface area contributed by atoms with Crippen LogP contribution >= 0.6 is 0 Å². The van der Waals surface area contributed by atoms with Crippen LogP contribution in [0.1, 0.15) is 41.4 Å². The van der Waals surface area contributed by atoms with Crippen LogP contribution in [0.15, 0.2) is 71.8 Å². The van der Waals surface area contributed by atoms with E-state index in [4.69, 9.17) is 4.74 Å². The Morgan fingerprint density at radius 1 is 1.14 bits per heavy atom. The van der Waals surface area contributed by atoms with E-state index in [2.05, 4.69) is 10.3 Å². The number of carbonyl (C=O) groups excluding carboxylic acids is 1. The fraction of sp³-hybridized carbons (Fsp3) is 0.308. The molecule has 0 bridgehead atoms. The molecule has 3 aromatic rings. The highest BCUT2D eigenvalue weighted by molar-refractivity contribution is 7.92. The molecule has 0 saturated carbocycles. The van der Waals surface area contributed by atoms with Gasteiger partial charge in [-0.1, -0.05) is 6.07 Å². The summed E-state index contributed by atoms with van der Waals surface area (Å²) in [6.07, 6.45) is 2.94. The normalized spacial score (nSPS) is 18.9. The van der Waals surface area contributed by atoms with E-state index in [1.807, 2.05) is 31.2 Å². The zero-order valence-corrected chi connectivity index (χ0v) is 20.1. The van der Waals surface area contributed by atoms with Crippen molar-refractivity contribution >= 4 is 21.6 Å². The van der Waals surface area contributed by atoms with E-state index in [9.17, 15) is 17.6 Å². The van der Waals surface area contributed by atoms with Crippen LogP contribution in [0.3, 0.4) is 0 Å². The lowest BCUT2D eigenvalue weighted by molar-refractivity contribution is 0.0465. The van der Waals surface area contributed by atoms with Crippen LogP contribution in [0.25, 0.3) is 0 Å². The zero-order valence-electron chi connectivity index (χ0n) is 19.3. The summed E-state index contributed by atoms with van der Waals surface area (Å²) in [5, 5.41) is 2.89. The van der Waals surface area contributed by atoms with Crippen molar-refractivity contribution in [2.45, 2.75) is 42.7 Å². The number of halogens is 1. The van der Waals surface area contributed by atoms with Crippen molar-refractivity contribution in [3.8, 4) is 0 Å². The summed E-state index contributed by atoms with van der Waals surface area (Å²) in [5.41, 5.74) is 2.08. The van der Waals surface area contributed by atoms with Crippen LogP contribution in [0, 0.1) is 5.82 Å². The molecule has 1 unspecified atom stereocenters. The molecule has 3 heterocycles. The quantitative estimate of drug-likeness (QED) is 0.582. The molecule has 1 fully saturated rings. The van der Waals surface area contributed by atoms with Crippen LogP contribution in [-0.2, 0) is 26.7 Å². The maximum Gasteiger partial charge on any atom is 0.264 e. The van der Waals surface area contributed by atoms with E-state index in [1.54, 1.807) is 18.3 Å². The number of hydrogen-bond donors (Lipinski definition) is 1. The molecule has 1 atom stereocenters. The van der Waals surface area contributed by atoms with Crippen LogP contribution in [0.4, 0.5) is 10.1 Å². The summed E-state index contributed by atoms with van der Waals surface area (Å²) in [7, 11) is -3.96. The van der Waals surface area contributed by atoms with Crippen LogP contribution in [-0.4, -0.2) is 38.6 Å². The lowest BCUT2D eigenvalue weighted by Crippen LogP contribution is -2.48. The van der Waals surface area contributed by atoms with E-state index in [-0.39, 0.29) is 17.3 Å². The van der Waals surface area contributed by atoms with E-state index in [0.717, 1.165) is 23.4 Å². The first-order chi connectivity index (χ1) is 16.8. The predicted molar refractivity (Wildman–Crippen MR) is 129 cm³/mol. The lowest BCUT2D eigenvalue weighted by Gasteiger charge is -2.39. The number of fused-ring (bicyclic) bond motifs is 2. The van der Waals surface area contributed by atoms with Crippen molar-refractivity contribution in [3.05, 3.63) is 89.5 Å². The number of pyridine rings is 1. The Hall–Kier alpha value is -3.30. The fourth-order valence-electron chi connectivity index (χ4n) is 5.18. The first-order valence-corrected chi connectivity index (χ1v) is 13.0. The standard InChI is InChI=1S/C26H26FN3O4S/c1-18-26(11-14-34-15-12-26)23-16-19(25(31)29-17-21-4-2-3-13-28-21)5-10-24(23)30(18)35(32,33)22-8-6-20(27)7-9-22/h2-10,13,16,18H,11-12,14-15,17H2,1H3,(H,29,31). The van der Waals surface area contributed by atoms with E-state index >= 15 is 0 Å². The Morgan fingerprint density at radius 2 is 1.89 bits per heavy atom. The highest BCUT2D eigenvalue weighted by Gasteiger charge is 2.53. The van der Waals surface area contributed by atoms with Crippen LogP contribution in [0.2, 0.25) is 0 Å². The number of sulfonamides is 1. The third kappa shape index (κ3) is 4.08. The second-order valence-corrected chi connectivity index (χ2v) is 10.7. The third-order valence-electron chi connectivity index (χ3n) is 7.10. The Balaban J connectivity index is 1.53. The lowest BCUT2D eigenvalue weighted by atomic mass is 9.71. The molecule has 0 aliphatic carbocycles. The minimum Gasteiger partial charge on any atom is -0.381 e. The van der Waals surface area contributed by atoms with Crippen molar-refractivity contribution in [1.82, 2.24) is 10.3 Å². The van der Waals surface area contributed by atoms with E-state index in [1.165, 1.54) is 16.4 Å². The number of anilines is 1. The maximum absolute atomic E-state index is 13.7. The Bertz CT molecular complexity index is 1340. The molecule has 1 aromatic heterocycles. The third-order valence-corrected chi connectivity index (χ3v) is 8.99. The highest BCUT2D eigenvalue weighted by atomic mass is 32.2. The van der Waals surface area contributed by atoms with Gasteiger partial charge in [0.2, 0.25) is 0 Å². The Labute approximate surface area is 204 Å². The van der Waals surface area contributed by atoms with Crippen LogP contribution < -0.4 is 9.62 Å². The van der Waals surface area contributed by atoms with Gasteiger partial charge in [0.05, 0.1) is 28.9 Å². The first-order valence-electron chi connectivity index (χ1n) is 11.5. The minimum absolute atomic E-state index is 0.0259. The number of rotatable bonds is 5. The summed E-state index contributed by atoms with van der Waals surface area (Å²) in [4.78, 5) is 17.2. The van der Waals surface area contributed by atoms with Crippen LogP contribution in [0.5, 0.6) is 0 Å². The van der Waals surface area contributed by atoms with E-state index in [0.29, 0.717) is 37.3 Å². The summed E-state index contributed by atoms with van der Waals surface area (Å²) >= 11 is 0. The molecule has 5 rings (SSSR count). The average Bonchev–Trinajstić information content (AvgIpc) is 3.11. The number of nitrogens with one attached hydrogen (secondary N) is 1. The molecule has 2 aliphatic rings. The van der Waals surface area contributed by atoms with Gasteiger partial charge in [-0.3, -0.25) is 14.1 Å². The number of amides is 1. The van der Waals surface area contributed by atoms with Gasteiger partial charge < -0.3 is 10.1 Å². The van der Waals surface area contributed by atoms with E-state index < -0.39 is 27.3 Å². The number of carbonyl (C=O) groups is 1. The molecule has 1 amide bonds. The monoisotopic (exact) mass is 495 g/mol. The molecular weight excluding hydrogens is 469 g/mol. The molecular formula is C26H26FN3O4S.